The summed E-state index contributed by atoms with van der Waals surface area (Å²) < 4.78 is 41.4. The molecule has 1 aromatic heterocycles. The SMILES string of the molecule is CCOC(=O)C[C@H](NP(=O)(OCC1(N=[N+]=[N-])O[C@@H](n2ccc(N)nc2=O)[C@H](O)[C@@H]1O)Oc1ccccc1)C(=O)OCC. The molecule has 1 saturated heterocycles. The molecule has 18 nitrogen and oxygen atoms in total. The third kappa shape index (κ3) is 7.83. The summed E-state index contributed by atoms with van der Waals surface area (Å²) in [6.07, 6.45) is -5.06. The van der Waals surface area contributed by atoms with Crippen LogP contribution < -0.4 is 21.0 Å². The highest BCUT2D eigenvalue weighted by molar-refractivity contribution is 7.52. The summed E-state index contributed by atoms with van der Waals surface area (Å²) in [7, 11) is -4.73. The Kier molecular flexibility index (Phi) is 11.0. The van der Waals surface area contributed by atoms with Gasteiger partial charge in [0.15, 0.2) is 6.23 Å². The molecule has 0 aliphatic carbocycles. The van der Waals surface area contributed by atoms with Crippen molar-refractivity contribution in [2.24, 2.45) is 5.11 Å². The van der Waals surface area contributed by atoms with Crippen molar-refractivity contribution in [2.45, 2.75) is 50.5 Å². The Labute approximate surface area is 238 Å². The van der Waals surface area contributed by atoms with E-state index in [1.807, 2.05) is 0 Å². The number of para-hydroxylation sites is 1. The van der Waals surface area contributed by atoms with E-state index < -0.39 is 68.6 Å². The number of aliphatic hydroxyl groups is 2. The number of ether oxygens (including phenoxy) is 3. The Hall–Kier alpha value is -4.02. The minimum atomic E-state index is -4.73. The van der Waals surface area contributed by atoms with Gasteiger partial charge in [0.2, 0.25) is 5.72 Å². The van der Waals surface area contributed by atoms with Gasteiger partial charge in [-0.1, -0.05) is 23.3 Å². The predicted octanol–water partition coefficient (Wildman–Crippen LogP) is 0.761. The third-order valence-electron chi connectivity index (χ3n) is 5.71. The van der Waals surface area contributed by atoms with Crippen LogP contribution in [0.5, 0.6) is 5.75 Å². The van der Waals surface area contributed by atoms with E-state index >= 15 is 0 Å². The molecular weight excluding hydrogens is 581 g/mol. The van der Waals surface area contributed by atoms with Gasteiger partial charge in [0, 0.05) is 11.1 Å². The first-order valence-corrected chi connectivity index (χ1v) is 14.1. The summed E-state index contributed by atoms with van der Waals surface area (Å²) in [4.78, 5) is 43.4. The highest BCUT2D eigenvalue weighted by Crippen LogP contribution is 2.48. The Balaban J connectivity index is 1.96. The first-order chi connectivity index (χ1) is 20.0. The molecule has 0 radical (unpaired) electrons. The second kappa shape index (κ2) is 14.2. The quantitative estimate of drug-likeness (QED) is 0.0756. The number of rotatable bonds is 14. The number of carbonyl (C=O) groups is 2. The summed E-state index contributed by atoms with van der Waals surface area (Å²) in [5, 5.41) is 27.3. The second-order valence-corrected chi connectivity index (χ2v) is 10.3. The molecule has 0 spiro atoms. The van der Waals surface area contributed by atoms with E-state index in [1.54, 1.807) is 25.1 Å². The van der Waals surface area contributed by atoms with Crippen molar-refractivity contribution in [1.29, 1.82) is 0 Å². The van der Waals surface area contributed by atoms with Crippen LogP contribution in [0, 0.1) is 0 Å². The van der Waals surface area contributed by atoms with Crippen molar-refractivity contribution in [2.75, 3.05) is 25.6 Å². The molecule has 2 heterocycles. The maximum atomic E-state index is 14.0. The van der Waals surface area contributed by atoms with Gasteiger partial charge >= 0.3 is 25.4 Å². The lowest BCUT2D eigenvalue weighted by molar-refractivity contribution is -0.152. The molecule has 0 amide bonds. The van der Waals surface area contributed by atoms with Crippen LogP contribution in [0.25, 0.3) is 10.4 Å². The van der Waals surface area contributed by atoms with Crippen LogP contribution in [-0.4, -0.2) is 75.5 Å². The number of nitrogens with two attached hydrogens (primary N) is 1. The number of nitrogens with one attached hydrogen (secondary N) is 1. The van der Waals surface area contributed by atoms with E-state index in [9.17, 15) is 34.7 Å². The lowest BCUT2D eigenvalue weighted by Crippen LogP contribution is -2.46. The first kappa shape index (κ1) is 32.5. The van der Waals surface area contributed by atoms with E-state index in [0.29, 0.717) is 0 Å². The Morgan fingerprint density at radius 1 is 1.26 bits per heavy atom. The average molecular weight is 612 g/mol. The fourth-order valence-electron chi connectivity index (χ4n) is 3.81. The second-order valence-electron chi connectivity index (χ2n) is 8.64. The molecule has 228 valence electrons. The van der Waals surface area contributed by atoms with Gasteiger partial charge in [0.1, 0.15) is 29.8 Å². The van der Waals surface area contributed by atoms with Crippen LogP contribution in [0.15, 0.2) is 52.5 Å². The van der Waals surface area contributed by atoms with E-state index in [1.165, 1.54) is 25.1 Å². The van der Waals surface area contributed by atoms with Crippen LogP contribution >= 0.6 is 7.75 Å². The number of azide groups is 1. The van der Waals surface area contributed by atoms with Crippen molar-refractivity contribution in [3.05, 3.63) is 63.5 Å². The molecule has 0 bridgehead atoms. The average Bonchev–Trinajstić information content (AvgIpc) is 3.18. The van der Waals surface area contributed by atoms with E-state index in [4.69, 9.17) is 29.0 Å². The number of aromatic nitrogens is 2. The molecule has 3 rings (SSSR count). The van der Waals surface area contributed by atoms with E-state index in [-0.39, 0.29) is 24.8 Å². The Bertz CT molecular complexity index is 1400. The number of esters is 2. The molecule has 5 N–H and O–H groups in total. The maximum absolute atomic E-state index is 14.0. The molecule has 42 heavy (non-hydrogen) atoms. The van der Waals surface area contributed by atoms with Crippen LogP contribution in [0.1, 0.15) is 26.5 Å². The number of hydrogen-bond acceptors (Lipinski definition) is 14. The normalized spacial score (nSPS) is 23.7. The van der Waals surface area contributed by atoms with Gasteiger partial charge < -0.3 is 34.7 Å². The highest BCUT2D eigenvalue weighted by atomic mass is 31.2. The van der Waals surface area contributed by atoms with Gasteiger partial charge in [0.25, 0.3) is 0 Å². The van der Waals surface area contributed by atoms with Crippen LogP contribution in [0.3, 0.4) is 0 Å². The molecule has 0 saturated carbocycles. The van der Waals surface area contributed by atoms with Gasteiger partial charge in [-0.2, -0.15) is 10.1 Å². The van der Waals surface area contributed by atoms with Crippen molar-refractivity contribution in [3.63, 3.8) is 0 Å². The number of carbonyl (C=O) groups excluding carboxylic acids is 2. The third-order valence-corrected chi connectivity index (χ3v) is 7.26. The van der Waals surface area contributed by atoms with Crippen LogP contribution in [-0.2, 0) is 32.9 Å². The van der Waals surface area contributed by atoms with Crippen molar-refractivity contribution in [3.8, 4) is 5.75 Å². The number of hydrogen-bond donors (Lipinski definition) is 4. The lowest BCUT2D eigenvalue weighted by atomic mass is 10.1. The van der Waals surface area contributed by atoms with Gasteiger partial charge in [0.05, 0.1) is 26.2 Å². The molecule has 2 unspecified atom stereocenters. The lowest BCUT2D eigenvalue weighted by Gasteiger charge is -2.30. The van der Waals surface area contributed by atoms with E-state index in [2.05, 4.69) is 20.1 Å². The van der Waals surface area contributed by atoms with Crippen molar-refractivity contribution < 1.29 is 47.6 Å². The molecule has 19 heteroatoms. The number of nitrogen functional groups attached to an aromatic ring is 1. The Morgan fingerprint density at radius 2 is 1.95 bits per heavy atom. The number of nitrogens with zero attached hydrogens (tertiary/aromatic N) is 5. The van der Waals surface area contributed by atoms with Crippen LogP contribution in [0.2, 0.25) is 0 Å². The fourth-order valence-corrected chi connectivity index (χ4v) is 5.32. The molecular formula is C23H30N7O11P. The van der Waals surface area contributed by atoms with Gasteiger partial charge in [-0.05, 0) is 37.6 Å². The zero-order chi connectivity index (χ0) is 30.9. The predicted molar refractivity (Wildman–Crippen MR) is 142 cm³/mol. The zero-order valence-electron chi connectivity index (χ0n) is 22.5. The fraction of sp³-hybridized carbons (Fsp3) is 0.478. The van der Waals surface area contributed by atoms with Gasteiger partial charge in [-0.15, -0.1) is 0 Å². The summed E-state index contributed by atoms with van der Waals surface area (Å²) in [5.41, 5.74) is 11.3. The molecule has 1 fully saturated rings. The smallest absolute Gasteiger partial charge is 0.459 e. The molecule has 2 aromatic rings. The molecule has 1 aromatic carbocycles. The number of benzene rings is 1. The monoisotopic (exact) mass is 611 g/mol. The molecule has 6 atom stereocenters. The van der Waals surface area contributed by atoms with Crippen molar-refractivity contribution in [1.82, 2.24) is 14.6 Å². The van der Waals surface area contributed by atoms with Crippen molar-refractivity contribution >= 4 is 25.5 Å². The topological polar surface area (TPSA) is 260 Å². The zero-order valence-corrected chi connectivity index (χ0v) is 23.4. The number of aliphatic hydroxyl groups excluding tert-OH is 2. The maximum Gasteiger partial charge on any atom is 0.459 e. The van der Waals surface area contributed by atoms with E-state index in [0.717, 1.165) is 10.8 Å². The Morgan fingerprint density at radius 3 is 2.57 bits per heavy atom. The standard InChI is InChI=1S/C23H30N7O11P/c1-3-37-17(31)12-15(21(34)38-4-2)27-42(36,41-14-8-6-5-7-9-14)39-13-23(28-29-25)19(33)18(32)20(40-23)30-11-10-16(24)26-22(30)35/h5-11,15,18-20,32-33H,3-4,12-13H2,1-2H3,(H,27,36)(H2,24,26,35)/t15-,18+,19-,20+,23?,42?/m0/s1. The molecule has 1 aliphatic rings. The summed E-state index contributed by atoms with van der Waals surface area (Å²) in [6, 6.07) is 7.18. The largest absolute Gasteiger partial charge is 0.466 e. The summed E-state index contributed by atoms with van der Waals surface area (Å²) >= 11 is 0. The highest BCUT2D eigenvalue weighted by Gasteiger charge is 2.56. The van der Waals surface area contributed by atoms with Crippen LogP contribution in [0.4, 0.5) is 5.82 Å². The summed E-state index contributed by atoms with van der Waals surface area (Å²) in [5.74, 6) is -1.95. The van der Waals surface area contributed by atoms with Gasteiger partial charge in [-0.25, -0.2) is 9.36 Å². The molecule has 1 aliphatic heterocycles. The van der Waals surface area contributed by atoms with Gasteiger partial charge in [-0.3, -0.25) is 18.7 Å². The first-order valence-electron chi connectivity index (χ1n) is 12.5. The number of anilines is 1. The summed E-state index contributed by atoms with van der Waals surface area (Å²) in [6.45, 7) is 1.94. The minimum absolute atomic E-state index is 0.00305. The minimum Gasteiger partial charge on any atom is -0.466 e.